The number of amides is 1. The first-order valence-corrected chi connectivity index (χ1v) is 15.5. The number of halogens is 1. The molecule has 0 spiro atoms. The molecule has 2 heterocycles. The summed E-state index contributed by atoms with van der Waals surface area (Å²) in [5.74, 6) is -0.0333. The third-order valence-electron chi connectivity index (χ3n) is 7.40. The number of carbonyl (C=O) groups excluding carboxylic acids is 1. The van der Waals surface area contributed by atoms with E-state index in [4.69, 9.17) is 14.2 Å². The van der Waals surface area contributed by atoms with Crippen molar-refractivity contribution >= 4 is 27.5 Å². The smallest absolute Gasteiger partial charge is 0.407 e. The second kappa shape index (κ2) is 13.4. The van der Waals surface area contributed by atoms with Gasteiger partial charge in [0.05, 0.1) is 17.9 Å². The van der Waals surface area contributed by atoms with Crippen LogP contribution < -0.4 is 10.1 Å². The first kappa shape index (κ1) is 30.8. The van der Waals surface area contributed by atoms with E-state index in [1.807, 2.05) is 5.38 Å². The summed E-state index contributed by atoms with van der Waals surface area (Å²) in [6.45, 7) is 6.47. The molecule has 1 N–H and O–H groups in total. The monoisotopic (exact) mass is 606 g/mol. The van der Waals surface area contributed by atoms with E-state index in [1.165, 1.54) is 29.7 Å². The number of aryl methyl sites for hydroxylation is 1. The third kappa shape index (κ3) is 7.68. The molecule has 0 saturated heterocycles. The van der Waals surface area contributed by atoms with Crippen LogP contribution in [0, 0.1) is 5.82 Å². The van der Waals surface area contributed by atoms with E-state index >= 15 is 0 Å². The highest BCUT2D eigenvalue weighted by molar-refractivity contribution is 7.17. The summed E-state index contributed by atoms with van der Waals surface area (Å²) in [5.41, 5.74) is 5.42. The molecule has 43 heavy (non-hydrogen) atoms. The number of rotatable bonds is 10. The molecule has 1 atom stereocenters. The molecular formula is C33H39FN4O4S. The molecule has 2 aromatic heterocycles. The summed E-state index contributed by atoms with van der Waals surface area (Å²) < 4.78 is 32.0. The van der Waals surface area contributed by atoms with Gasteiger partial charge in [-0.1, -0.05) is 12.1 Å². The van der Waals surface area contributed by atoms with E-state index in [1.54, 1.807) is 38.2 Å². The number of benzene rings is 2. The normalized spacial score (nSPS) is 15.0. The molecule has 0 saturated carbocycles. The fourth-order valence-electron chi connectivity index (χ4n) is 5.26. The van der Waals surface area contributed by atoms with Crippen molar-refractivity contribution in [2.24, 2.45) is 0 Å². The van der Waals surface area contributed by atoms with Crippen LogP contribution in [0.25, 0.3) is 32.6 Å². The average Bonchev–Trinajstić information content (AvgIpc) is 3.45. The van der Waals surface area contributed by atoms with Gasteiger partial charge in [0, 0.05) is 35.2 Å². The number of hydrogen-bond donors (Lipinski definition) is 1. The molecule has 1 amide bonds. The summed E-state index contributed by atoms with van der Waals surface area (Å²) in [5, 5.41) is 15.0. The van der Waals surface area contributed by atoms with Crippen LogP contribution in [-0.2, 0) is 22.3 Å². The van der Waals surface area contributed by atoms with Crippen LogP contribution in [0.2, 0.25) is 0 Å². The third-order valence-corrected chi connectivity index (χ3v) is 8.32. The molecule has 8 nitrogen and oxygen atoms in total. The summed E-state index contributed by atoms with van der Waals surface area (Å²) in [6, 6.07) is 13.7. The fourth-order valence-corrected chi connectivity index (χ4v) is 6.15. The zero-order valence-corrected chi connectivity index (χ0v) is 26.2. The highest BCUT2D eigenvalue weighted by Crippen LogP contribution is 2.40. The number of carbonyl (C=O) groups is 1. The van der Waals surface area contributed by atoms with Crippen LogP contribution in [0.4, 0.5) is 9.18 Å². The van der Waals surface area contributed by atoms with Gasteiger partial charge in [-0.15, -0.1) is 21.5 Å². The van der Waals surface area contributed by atoms with Crippen molar-refractivity contribution in [2.75, 3.05) is 40.5 Å². The topological polar surface area (TPSA) is 85.8 Å². The van der Waals surface area contributed by atoms with Crippen molar-refractivity contribution in [2.45, 2.75) is 51.7 Å². The molecule has 1 aliphatic rings. The van der Waals surface area contributed by atoms with E-state index < -0.39 is 17.5 Å². The van der Waals surface area contributed by atoms with E-state index in [0.717, 1.165) is 34.2 Å². The Morgan fingerprint density at radius 1 is 1.05 bits per heavy atom. The van der Waals surface area contributed by atoms with Crippen molar-refractivity contribution in [3.8, 4) is 28.3 Å². The van der Waals surface area contributed by atoms with E-state index in [2.05, 4.69) is 58.8 Å². The molecule has 0 aliphatic heterocycles. The second-order valence-corrected chi connectivity index (χ2v) is 12.9. The number of alkyl carbamates (subject to hydrolysis) is 1. The first-order chi connectivity index (χ1) is 20.6. The number of ether oxygens (including phenoxy) is 3. The van der Waals surface area contributed by atoms with Gasteiger partial charge < -0.3 is 24.4 Å². The van der Waals surface area contributed by atoms with E-state index in [9.17, 15) is 9.18 Å². The van der Waals surface area contributed by atoms with Crippen LogP contribution >= 0.6 is 11.3 Å². The van der Waals surface area contributed by atoms with Gasteiger partial charge in [-0.05, 0) is 94.9 Å². The molecule has 1 unspecified atom stereocenters. The standard InChI is InChI=1S/C33H39FN4O4S/c1-33(2,3)42-32(39)35-13-14-40-15-16-41-28-20-24(34)9-11-26(28)30-31-27(12-17-43-31)29(36-37-30)22-7-6-21-8-10-25(38(4)5)19-23(21)18-22/h6-7,9,11-12,17-18,20,25H,8,10,13-16,19H2,1-5H3,(H,35,39). The lowest BCUT2D eigenvalue weighted by atomic mass is 9.86. The second-order valence-electron chi connectivity index (χ2n) is 11.9. The summed E-state index contributed by atoms with van der Waals surface area (Å²) in [6.07, 6.45) is 2.78. The number of nitrogens with zero attached hydrogens (tertiary/aromatic N) is 3. The predicted octanol–water partition coefficient (Wildman–Crippen LogP) is 6.50. The highest BCUT2D eigenvalue weighted by atomic mass is 32.1. The van der Waals surface area contributed by atoms with Crippen LogP contribution in [0.15, 0.2) is 47.8 Å². The number of likely N-dealkylation sites (N-methyl/N-ethyl adjacent to an activating group) is 1. The zero-order valence-electron chi connectivity index (χ0n) is 25.4. The van der Waals surface area contributed by atoms with Crippen LogP contribution in [0.1, 0.15) is 38.3 Å². The number of fused-ring (bicyclic) bond motifs is 2. The molecule has 1 aliphatic carbocycles. The molecule has 5 rings (SSSR count). The van der Waals surface area contributed by atoms with Crippen molar-refractivity contribution in [1.29, 1.82) is 0 Å². The number of hydrogen-bond acceptors (Lipinski definition) is 8. The van der Waals surface area contributed by atoms with Crippen molar-refractivity contribution < 1.29 is 23.4 Å². The largest absolute Gasteiger partial charge is 0.490 e. The van der Waals surface area contributed by atoms with Crippen LogP contribution in [0.3, 0.4) is 0 Å². The summed E-state index contributed by atoms with van der Waals surface area (Å²) in [4.78, 5) is 14.0. The fraction of sp³-hybridized carbons (Fsp3) is 0.424. The van der Waals surface area contributed by atoms with Crippen molar-refractivity contribution in [3.63, 3.8) is 0 Å². The highest BCUT2D eigenvalue weighted by Gasteiger charge is 2.22. The van der Waals surface area contributed by atoms with E-state index in [0.29, 0.717) is 36.2 Å². The predicted molar refractivity (Wildman–Crippen MR) is 168 cm³/mol. The molecule has 0 bridgehead atoms. The Bertz CT molecular complexity index is 1580. The minimum atomic E-state index is -0.558. The Kier molecular flexibility index (Phi) is 9.59. The van der Waals surface area contributed by atoms with Gasteiger partial charge >= 0.3 is 6.09 Å². The Hall–Kier alpha value is -3.60. The first-order valence-electron chi connectivity index (χ1n) is 14.6. The van der Waals surface area contributed by atoms with E-state index in [-0.39, 0.29) is 13.2 Å². The number of aromatic nitrogens is 2. The van der Waals surface area contributed by atoms with Gasteiger partial charge in [-0.2, -0.15) is 0 Å². The Morgan fingerprint density at radius 2 is 1.86 bits per heavy atom. The Labute approximate surface area is 256 Å². The van der Waals surface area contributed by atoms with Crippen molar-refractivity contribution in [3.05, 3.63) is 64.8 Å². The molecule has 4 aromatic rings. The lowest BCUT2D eigenvalue weighted by molar-refractivity contribution is 0.0489. The maximum atomic E-state index is 14.3. The van der Waals surface area contributed by atoms with Crippen LogP contribution in [-0.4, -0.2) is 73.3 Å². The lowest BCUT2D eigenvalue weighted by Crippen LogP contribution is -2.34. The minimum absolute atomic E-state index is 0.199. The van der Waals surface area contributed by atoms with Gasteiger partial charge in [0.15, 0.2) is 0 Å². The molecule has 10 heteroatoms. The summed E-state index contributed by atoms with van der Waals surface area (Å²) in [7, 11) is 4.29. The maximum Gasteiger partial charge on any atom is 0.407 e. The molecule has 0 radical (unpaired) electrons. The van der Waals surface area contributed by atoms with Gasteiger partial charge in [-0.25, -0.2) is 9.18 Å². The van der Waals surface area contributed by atoms with Gasteiger partial charge in [0.1, 0.15) is 35.2 Å². The maximum absolute atomic E-state index is 14.3. The molecule has 2 aromatic carbocycles. The quantitative estimate of drug-likeness (QED) is 0.206. The lowest BCUT2D eigenvalue weighted by Gasteiger charge is -2.30. The summed E-state index contributed by atoms with van der Waals surface area (Å²) >= 11 is 1.58. The molecule has 228 valence electrons. The number of nitrogens with one attached hydrogen (secondary N) is 1. The van der Waals surface area contributed by atoms with Gasteiger partial charge in [-0.3, -0.25) is 0 Å². The molecular weight excluding hydrogens is 567 g/mol. The molecule has 0 fully saturated rings. The minimum Gasteiger partial charge on any atom is -0.490 e. The Balaban J connectivity index is 1.28. The van der Waals surface area contributed by atoms with Crippen LogP contribution in [0.5, 0.6) is 5.75 Å². The Morgan fingerprint density at radius 3 is 2.65 bits per heavy atom. The SMILES string of the molecule is CN(C)C1CCc2ccc(-c3nnc(-c4ccc(F)cc4OCCOCCNC(=O)OC(C)(C)C)c4sccc34)cc2C1. The number of thiophene rings is 1. The average molecular weight is 607 g/mol. The van der Waals surface area contributed by atoms with Gasteiger partial charge in [0.25, 0.3) is 0 Å². The zero-order chi connectivity index (χ0) is 30.6. The van der Waals surface area contributed by atoms with Gasteiger partial charge in [0.2, 0.25) is 0 Å². The van der Waals surface area contributed by atoms with Crippen molar-refractivity contribution in [1.82, 2.24) is 20.4 Å².